The van der Waals surface area contributed by atoms with E-state index in [1.54, 1.807) is 0 Å². The molecule has 0 bridgehead atoms. The molecule has 1 aliphatic carbocycles. The molecule has 0 spiro atoms. The molecule has 3 nitrogen and oxygen atoms in total. The lowest BCUT2D eigenvalue weighted by Gasteiger charge is -2.37. The van der Waals surface area contributed by atoms with Gasteiger partial charge in [0.05, 0.1) is 10.7 Å². The third-order valence-electron chi connectivity index (χ3n) is 6.32. The van der Waals surface area contributed by atoms with E-state index < -0.39 is 0 Å². The first-order valence-corrected chi connectivity index (χ1v) is 10.7. The molecule has 0 fully saturated rings. The minimum absolute atomic E-state index is 0.519. The maximum absolute atomic E-state index is 6.48. The lowest BCUT2D eigenvalue weighted by atomic mass is 9.91. The number of halogens is 2. The Kier molecular flexibility index (Phi) is 4.70. The SMILES string of the molecule is Cn1c(-c2ccccc2Cl)nc2c1CC[C@@H](N1CCc3cccc(Cl)c3C1)C2. The molecule has 0 amide bonds. The van der Waals surface area contributed by atoms with Gasteiger partial charge in [-0.05, 0) is 48.6 Å². The largest absolute Gasteiger partial charge is 0.331 e. The maximum Gasteiger partial charge on any atom is 0.141 e. The van der Waals surface area contributed by atoms with Gasteiger partial charge in [-0.25, -0.2) is 4.98 Å². The van der Waals surface area contributed by atoms with Gasteiger partial charge in [0.1, 0.15) is 5.82 Å². The van der Waals surface area contributed by atoms with Crippen LogP contribution in [-0.2, 0) is 32.9 Å². The summed E-state index contributed by atoms with van der Waals surface area (Å²) in [5.41, 5.74) is 6.29. The summed E-state index contributed by atoms with van der Waals surface area (Å²) in [7, 11) is 2.11. The van der Waals surface area contributed by atoms with Gasteiger partial charge in [-0.2, -0.15) is 0 Å². The molecule has 1 atom stereocenters. The van der Waals surface area contributed by atoms with E-state index in [9.17, 15) is 0 Å². The Labute approximate surface area is 175 Å². The second-order valence-corrected chi connectivity index (χ2v) is 8.68. The van der Waals surface area contributed by atoms with Crippen LogP contribution in [0, 0.1) is 0 Å². The first-order chi connectivity index (χ1) is 13.6. The van der Waals surface area contributed by atoms with E-state index in [1.165, 1.54) is 22.5 Å². The normalized spacial score (nSPS) is 19.3. The minimum atomic E-state index is 0.519. The number of rotatable bonds is 2. The second kappa shape index (κ2) is 7.22. The Hall–Kier alpha value is -1.81. The predicted octanol–water partition coefficient (Wildman–Crippen LogP) is 5.31. The fraction of sp³-hybridized carbons (Fsp3) is 0.348. The Morgan fingerprint density at radius 1 is 1.00 bits per heavy atom. The summed E-state index contributed by atoms with van der Waals surface area (Å²) in [4.78, 5) is 7.61. The number of benzene rings is 2. The van der Waals surface area contributed by atoms with Crippen molar-refractivity contribution in [1.29, 1.82) is 0 Å². The highest BCUT2D eigenvalue weighted by atomic mass is 35.5. The van der Waals surface area contributed by atoms with Crippen molar-refractivity contribution in [1.82, 2.24) is 14.5 Å². The molecule has 0 radical (unpaired) electrons. The van der Waals surface area contributed by atoms with E-state index in [1.807, 2.05) is 24.3 Å². The van der Waals surface area contributed by atoms with E-state index in [2.05, 4.69) is 34.7 Å². The molecule has 28 heavy (non-hydrogen) atoms. The molecule has 1 aromatic heterocycles. The van der Waals surface area contributed by atoms with Crippen molar-refractivity contribution >= 4 is 23.2 Å². The van der Waals surface area contributed by atoms with Crippen molar-refractivity contribution in [3.05, 3.63) is 75.0 Å². The van der Waals surface area contributed by atoms with Gasteiger partial charge in [-0.1, -0.05) is 47.5 Å². The van der Waals surface area contributed by atoms with Crippen LogP contribution in [0.1, 0.15) is 28.9 Å². The maximum atomic E-state index is 6.48. The van der Waals surface area contributed by atoms with E-state index in [-0.39, 0.29) is 0 Å². The highest BCUT2D eigenvalue weighted by Gasteiger charge is 2.31. The van der Waals surface area contributed by atoms with Gasteiger partial charge in [-0.3, -0.25) is 4.90 Å². The topological polar surface area (TPSA) is 21.1 Å². The third kappa shape index (κ3) is 3.06. The quantitative estimate of drug-likeness (QED) is 0.569. The zero-order chi connectivity index (χ0) is 19.3. The van der Waals surface area contributed by atoms with E-state index in [0.717, 1.165) is 60.2 Å². The van der Waals surface area contributed by atoms with Gasteiger partial charge in [0.15, 0.2) is 0 Å². The number of hydrogen-bond donors (Lipinski definition) is 0. The van der Waals surface area contributed by atoms with E-state index in [0.29, 0.717) is 6.04 Å². The van der Waals surface area contributed by atoms with E-state index >= 15 is 0 Å². The zero-order valence-electron chi connectivity index (χ0n) is 16.0. The summed E-state index contributed by atoms with van der Waals surface area (Å²) >= 11 is 12.9. The van der Waals surface area contributed by atoms with Crippen molar-refractivity contribution in [3.63, 3.8) is 0 Å². The third-order valence-corrected chi connectivity index (χ3v) is 7.00. The molecule has 0 saturated carbocycles. The fourth-order valence-electron chi connectivity index (χ4n) is 4.76. The first-order valence-electron chi connectivity index (χ1n) is 9.91. The number of hydrogen-bond acceptors (Lipinski definition) is 2. The van der Waals surface area contributed by atoms with Gasteiger partial charge in [0.2, 0.25) is 0 Å². The molecule has 144 valence electrons. The Morgan fingerprint density at radius 3 is 2.68 bits per heavy atom. The number of imidazole rings is 1. The summed E-state index contributed by atoms with van der Waals surface area (Å²) < 4.78 is 2.23. The van der Waals surface area contributed by atoms with Gasteiger partial charge in [0.25, 0.3) is 0 Å². The van der Waals surface area contributed by atoms with Crippen molar-refractivity contribution in [2.75, 3.05) is 6.54 Å². The summed E-state index contributed by atoms with van der Waals surface area (Å²) in [6, 6.07) is 14.8. The molecular formula is C23H23Cl2N3. The van der Waals surface area contributed by atoms with Crippen LogP contribution in [0.25, 0.3) is 11.4 Å². The van der Waals surface area contributed by atoms with Crippen LogP contribution in [0.5, 0.6) is 0 Å². The molecule has 2 aromatic carbocycles. The Bertz CT molecular complexity index is 1040. The fourth-order valence-corrected chi connectivity index (χ4v) is 5.23. The standard InChI is InChI=1S/C23H23Cl2N3/c1-27-22-10-9-16(28-12-11-15-5-4-8-20(25)18(15)14-28)13-21(22)26-23(27)17-6-2-3-7-19(17)24/h2-8,16H,9-14H2,1H3/t16-/m1/s1. The van der Waals surface area contributed by atoms with Gasteiger partial charge < -0.3 is 4.57 Å². The molecule has 0 unspecified atom stereocenters. The molecule has 0 saturated heterocycles. The second-order valence-electron chi connectivity index (χ2n) is 7.86. The van der Waals surface area contributed by atoms with Crippen molar-refractivity contribution < 1.29 is 0 Å². The van der Waals surface area contributed by atoms with Gasteiger partial charge in [0, 0.05) is 48.9 Å². The zero-order valence-corrected chi connectivity index (χ0v) is 17.5. The molecule has 2 aliphatic rings. The van der Waals surface area contributed by atoms with Crippen LogP contribution in [0.3, 0.4) is 0 Å². The van der Waals surface area contributed by atoms with Crippen LogP contribution in [0.15, 0.2) is 42.5 Å². The summed E-state index contributed by atoms with van der Waals surface area (Å²) in [5, 5.41) is 1.66. The number of fused-ring (bicyclic) bond motifs is 2. The van der Waals surface area contributed by atoms with Crippen LogP contribution in [0.2, 0.25) is 10.0 Å². The predicted molar refractivity (Wildman–Crippen MR) is 115 cm³/mol. The van der Waals surface area contributed by atoms with Gasteiger partial charge >= 0.3 is 0 Å². The van der Waals surface area contributed by atoms with Crippen LogP contribution < -0.4 is 0 Å². The molecule has 5 rings (SSSR count). The molecule has 1 aliphatic heterocycles. The first kappa shape index (κ1) is 18.2. The smallest absolute Gasteiger partial charge is 0.141 e. The molecular weight excluding hydrogens is 389 g/mol. The number of aromatic nitrogens is 2. The summed E-state index contributed by atoms with van der Waals surface area (Å²) in [6.07, 6.45) is 4.29. The van der Waals surface area contributed by atoms with Crippen LogP contribution in [-0.4, -0.2) is 27.0 Å². The van der Waals surface area contributed by atoms with Crippen LogP contribution >= 0.6 is 23.2 Å². The summed E-state index contributed by atoms with van der Waals surface area (Å²) in [5.74, 6) is 0.975. The lowest BCUT2D eigenvalue weighted by Crippen LogP contribution is -2.42. The minimum Gasteiger partial charge on any atom is -0.331 e. The van der Waals surface area contributed by atoms with Gasteiger partial charge in [-0.15, -0.1) is 0 Å². The lowest BCUT2D eigenvalue weighted by molar-refractivity contribution is 0.161. The number of nitrogens with zero attached hydrogens (tertiary/aromatic N) is 3. The Balaban J connectivity index is 1.41. The van der Waals surface area contributed by atoms with E-state index in [4.69, 9.17) is 28.2 Å². The van der Waals surface area contributed by atoms with Crippen LogP contribution in [0.4, 0.5) is 0 Å². The van der Waals surface area contributed by atoms with Crippen molar-refractivity contribution in [2.24, 2.45) is 7.05 Å². The van der Waals surface area contributed by atoms with Crippen molar-refractivity contribution in [3.8, 4) is 11.4 Å². The molecule has 0 N–H and O–H groups in total. The highest BCUT2D eigenvalue weighted by Crippen LogP contribution is 2.34. The average molecular weight is 412 g/mol. The molecule has 3 aromatic rings. The monoisotopic (exact) mass is 411 g/mol. The molecule has 5 heteroatoms. The Morgan fingerprint density at radius 2 is 1.82 bits per heavy atom. The average Bonchev–Trinajstić information content (AvgIpc) is 3.04. The molecule has 2 heterocycles. The summed E-state index contributed by atoms with van der Waals surface area (Å²) in [6.45, 7) is 2.04. The van der Waals surface area contributed by atoms with Crippen molar-refractivity contribution in [2.45, 2.75) is 38.3 Å². The highest BCUT2D eigenvalue weighted by molar-refractivity contribution is 6.33.